The van der Waals surface area contributed by atoms with E-state index in [2.05, 4.69) is 24.1 Å². The number of nitrogens with zero attached hydrogens (tertiary/aromatic N) is 1. The van der Waals surface area contributed by atoms with Gasteiger partial charge in [-0.1, -0.05) is 0 Å². The number of methoxy groups -OCH3 is 1. The summed E-state index contributed by atoms with van der Waals surface area (Å²) in [6, 6.07) is 3.88. The van der Waals surface area contributed by atoms with Crippen LogP contribution in [0.25, 0.3) is 0 Å². The Hall–Kier alpha value is -1.09. The molecule has 1 aromatic heterocycles. The molecular formula is C10H16N2O. The van der Waals surface area contributed by atoms with E-state index in [0.717, 1.165) is 5.69 Å². The van der Waals surface area contributed by atoms with E-state index in [1.807, 2.05) is 12.1 Å². The summed E-state index contributed by atoms with van der Waals surface area (Å²) in [6.07, 6.45) is 3.54. The van der Waals surface area contributed by atoms with Crippen LogP contribution in [0.4, 0.5) is 5.69 Å². The highest BCUT2D eigenvalue weighted by atomic mass is 16.5. The quantitative estimate of drug-likeness (QED) is 0.768. The lowest BCUT2D eigenvalue weighted by Gasteiger charge is -2.26. The first-order valence-electron chi connectivity index (χ1n) is 4.31. The van der Waals surface area contributed by atoms with Crippen molar-refractivity contribution in [3.8, 4) is 0 Å². The van der Waals surface area contributed by atoms with Gasteiger partial charge < -0.3 is 10.1 Å². The zero-order valence-electron chi connectivity index (χ0n) is 8.37. The first kappa shape index (κ1) is 9.99. The molecule has 13 heavy (non-hydrogen) atoms. The average molecular weight is 180 g/mol. The molecule has 0 atom stereocenters. The van der Waals surface area contributed by atoms with Crippen LogP contribution in [-0.4, -0.2) is 24.2 Å². The minimum Gasteiger partial charge on any atom is -0.382 e. The van der Waals surface area contributed by atoms with Crippen molar-refractivity contribution in [3.63, 3.8) is 0 Å². The van der Waals surface area contributed by atoms with Crippen molar-refractivity contribution in [1.82, 2.24) is 4.98 Å². The van der Waals surface area contributed by atoms with Crippen LogP contribution in [0.2, 0.25) is 0 Å². The molecule has 0 radical (unpaired) electrons. The third-order valence-corrected chi connectivity index (χ3v) is 1.67. The monoisotopic (exact) mass is 180 g/mol. The van der Waals surface area contributed by atoms with Crippen LogP contribution in [0.3, 0.4) is 0 Å². The zero-order valence-corrected chi connectivity index (χ0v) is 8.37. The maximum Gasteiger partial charge on any atom is 0.0687 e. The van der Waals surface area contributed by atoms with Crippen LogP contribution < -0.4 is 5.32 Å². The molecule has 0 aliphatic carbocycles. The molecule has 72 valence electrons. The standard InChI is InChI=1S/C10H16N2O/c1-10(2,8-13-3)12-9-4-6-11-7-5-9/h4-7H,8H2,1-3H3,(H,11,12). The van der Waals surface area contributed by atoms with E-state index >= 15 is 0 Å². The summed E-state index contributed by atoms with van der Waals surface area (Å²) in [4.78, 5) is 3.95. The third kappa shape index (κ3) is 3.42. The van der Waals surface area contributed by atoms with Crippen molar-refractivity contribution in [2.45, 2.75) is 19.4 Å². The molecule has 1 rings (SSSR count). The number of pyridine rings is 1. The minimum atomic E-state index is -0.0455. The fourth-order valence-electron chi connectivity index (χ4n) is 1.22. The molecular weight excluding hydrogens is 164 g/mol. The van der Waals surface area contributed by atoms with Gasteiger partial charge in [0, 0.05) is 25.2 Å². The second kappa shape index (κ2) is 4.23. The van der Waals surface area contributed by atoms with E-state index in [4.69, 9.17) is 4.74 Å². The molecule has 3 heteroatoms. The maximum atomic E-state index is 5.10. The second-order valence-corrected chi connectivity index (χ2v) is 3.68. The van der Waals surface area contributed by atoms with Crippen molar-refractivity contribution in [2.24, 2.45) is 0 Å². The molecule has 0 spiro atoms. The molecule has 0 aliphatic heterocycles. The van der Waals surface area contributed by atoms with Gasteiger partial charge in [-0.25, -0.2) is 0 Å². The SMILES string of the molecule is COCC(C)(C)Nc1ccncc1. The maximum absolute atomic E-state index is 5.10. The smallest absolute Gasteiger partial charge is 0.0687 e. The minimum absolute atomic E-state index is 0.0455. The van der Waals surface area contributed by atoms with Crippen molar-refractivity contribution in [1.29, 1.82) is 0 Å². The van der Waals surface area contributed by atoms with Gasteiger partial charge >= 0.3 is 0 Å². The molecule has 0 aliphatic rings. The Labute approximate surface area is 79.1 Å². The Kier molecular flexibility index (Phi) is 3.25. The van der Waals surface area contributed by atoms with Crippen molar-refractivity contribution < 1.29 is 4.74 Å². The van der Waals surface area contributed by atoms with Gasteiger partial charge in [0.25, 0.3) is 0 Å². The third-order valence-electron chi connectivity index (χ3n) is 1.67. The van der Waals surface area contributed by atoms with Crippen LogP contribution in [0.5, 0.6) is 0 Å². The van der Waals surface area contributed by atoms with Gasteiger partial charge in [-0.05, 0) is 26.0 Å². The number of aromatic nitrogens is 1. The van der Waals surface area contributed by atoms with Crippen molar-refractivity contribution >= 4 is 5.69 Å². The Morgan fingerprint density at radius 2 is 2.00 bits per heavy atom. The lowest BCUT2D eigenvalue weighted by Crippen LogP contribution is -2.35. The Morgan fingerprint density at radius 3 is 2.54 bits per heavy atom. The highest BCUT2D eigenvalue weighted by Gasteiger charge is 2.16. The number of hydrogen-bond acceptors (Lipinski definition) is 3. The molecule has 0 fully saturated rings. The molecule has 0 saturated carbocycles. The summed E-state index contributed by atoms with van der Waals surface area (Å²) in [5, 5.41) is 3.35. The number of ether oxygens (including phenoxy) is 1. The number of anilines is 1. The summed E-state index contributed by atoms with van der Waals surface area (Å²) >= 11 is 0. The normalized spacial score (nSPS) is 11.3. The highest BCUT2D eigenvalue weighted by molar-refractivity contribution is 5.43. The van der Waals surface area contributed by atoms with Gasteiger partial charge in [0.1, 0.15) is 0 Å². The number of hydrogen-bond donors (Lipinski definition) is 1. The van der Waals surface area contributed by atoms with Crippen LogP contribution in [0, 0.1) is 0 Å². The largest absolute Gasteiger partial charge is 0.382 e. The number of nitrogens with one attached hydrogen (secondary N) is 1. The van der Waals surface area contributed by atoms with Gasteiger partial charge in [0.15, 0.2) is 0 Å². The van der Waals surface area contributed by atoms with Gasteiger partial charge in [0.05, 0.1) is 12.1 Å². The fraction of sp³-hybridized carbons (Fsp3) is 0.500. The van der Waals surface area contributed by atoms with E-state index in [1.54, 1.807) is 19.5 Å². The van der Waals surface area contributed by atoms with Gasteiger partial charge in [-0.3, -0.25) is 4.98 Å². The van der Waals surface area contributed by atoms with Crippen molar-refractivity contribution in [2.75, 3.05) is 19.0 Å². The van der Waals surface area contributed by atoms with E-state index < -0.39 is 0 Å². The van der Waals surface area contributed by atoms with E-state index in [1.165, 1.54) is 0 Å². The fourth-order valence-corrected chi connectivity index (χ4v) is 1.22. The molecule has 1 N–H and O–H groups in total. The van der Waals surface area contributed by atoms with E-state index in [-0.39, 0.29) is 5.54 Å². The molecule has 0 unspecified atom stereocenters. The van der Waals surface area contributed by atoms with Gasteiger partial charge in [-0.15, -0.1) is 0 Å². The van der Waals surface area contributed by atoms with E-state index in [9.17, 15) is 0 Å². The van der Waals surface area contributed by atoms with Crippen LogP contribution in [-0.2, 0) is 4.74 Å². The summed E-state index contributed by atoms with van der Waals surface area (Å²) in [6.45, 7) is 4.86. The summed E-state index contributed by atoms with van der Waals surface area (Å²) in [7, 11) is 1.70. The highest BCUT2D eigenvalue weighted by Crippen LogP contribution is 2.13. The second-order valence-electron chi connectivity index (χ2n) is 3.68. The molecule has 0 aromatic carbocycles. The Morgan fingerprint density at radius 1 is 1.38 bits per heavy atom. The van der Waals surface area contributed by atoms with Gasteiger partial charge in [-0.2, -0.15) is 0 Å². The topological polar surface area (TPSA) is 34.1 Å². The molecule has 1 heterocycles. The van der Waals surface area contributed by atoms with Gasteiger partial charge in [0.2, 0.25) is 0 Å². The summed E-state index contributed by atoms with van der Waals surface area (Å²) in [5.41, 5.74) is 1.02. The molecule has 0 saturated heterocycles. The first-order valence-corrected chi connectivity index (χ1v) is 4.31. The predicted molar refractivity (Wildman–Crippen MR) is 53.8 cm³/mol. The molecule has 3 nitrogen and oxygen atoms in total. The predicted octanol–water partition coefficient (Wildman–Crippen LogP) is 1.92. The lowest BCUT2D eigenvalue weighted by molar-refractivity contribution is 0.158. The summed E-state index contributed by atoms with van der Waals surface area (Å²) in [5.74, 6) is 0. The first-order chi connectivity index (χ1) is 6.14. The Bertz CT molecular complexity index is 246. The zero-order chi connectivity index (χ0) is 9.73. The van der Waals surface area contributed by atoms with Crippen molar-refractivity contribution in [3.05, 3.63) is 24.5 Å². The number of rotatable bonds is 4. The van der Waals surface area contributed by atoms with Crippen LogP contribution >= 0.6 is 0 Å². The Balaban J connectivity index is 2.58. The van der Waals surface area contributed by atoms with Crippen LogP contribution in [0.1, 0.15) is 13.8 Å². The molecule has 0 bridgehead atoms. The molecule has 1 aromatic rings. The lowest BCUT2D eigenvalue weighted by atomic mass is 10.1. The average Bonchev–Trinajstić information content (AvgIpc) is 2.04. The molecule has 0 amide bonds. The van der Waals surface area contributed by atoms with Crippen LogP contribution in [0.15, 0.2) is 24.5 Å². The van der Waals surface area contributed by atoms with E-state index in [0.29, 0.717) is 6.61 Å². The summed E-state index contributed by atoms with van der Waals surface area (Å²) < 4.78 is 5.10.